The molecule has 1 fully saturated rings. The van der Waals surface area contributed by atoms with Crippen molar-refractivity contribution in [3.63, 3.8) is 0 Å². The molecule has 3 rings (SSSR count). The molecular weight excluding hydrogens is 274 g/mol. The third kappa shape index (κ3) is 2.55. The minimum atomic E-state index is 0.143. The number of aromatic nitrogens is 4. The van der Waals surface area contributed by atoms with Gasteiger partial charge in [-0.25, -0.2) is 0 Å². The summed E-state index contributed by atoms with van der Waals surface area (Å²) in [6, 6.07) is 1.75. The maximum absolute atomic E-state index is 6.03. The normalized spacial score (nSPS) is 15.2. The lowest BCUT2D eigenvalue weighted by molar-refractivity contribution is 0.122. The van der Waals surface area contributed by atoms with E-state index in [1.54, 1.807) is 13.2 Å². The fourth-order valence-corrected chi connectivity index (χ4v) is 2.28. The average molecular weight is 291 g/mol. The van der Waals surface area contributed by atoms with Crippen LogP contribution in [-0.2, 0) is 4.74 Å². The molecule has 3 heterocycles. The SMILES string of the molecule is COc1cc(-c2c(N)nc(N)nc2N2CCOCC2)[nH]n1. The third-order valence-corrected chi connectivity index (χ3v) is 3.28. The van der Waals surface area contributed by atoms with Crippen LogP contribution in [0, 0.1) is 0 Å². The molecule has 0 amide bonds. The van der Waals surface area contributed by atoms with E-state index in [2.05, 4.69) is 25.1 Å². The number of rotatable bonds is 3. The number of nitrogens with two attached hydrogens (primary N) is 2. The standard InChI is InChI=1S/C12H17N7O2/c1-20-8-6-7(17-18-8)9-10(13)15-12(14)16-11(9)19-2-4-21-5-3-19/h6H,2-5H2,1H3,(H,17,18)(H4,13,14,15,16). The third-order valence-electron chi connectivity index (χ3n) is 3.28. The number of morpholine rings is 1. The molecule has 9 heteroatoms. The molecule has 2 aromatic rings. The monoisotopic (exact) mass is 291 g/mol. The molecule has 0 unspecified atom stereocenters. The van der Waals surface area contributed by atoms with Gasteiger partial charge in [-0.1, -0.05) is 0 Å². The van der Waals surface area contributed by atoms with Crippen LogP contribution in [0.3, 0.4) is 0 Å². The van der Waals surface area contributed by atoms with Gasteiger partial charge in [-0.15, -0.1) is 5.10 Å². The number of methoxy groups -OCH3 is 1. The highest BCUT2D eigenvalue weighted by Gasteiger charge is 2.22. The molecular formula is C12H17N7O2. The predicted octanol–water partition coefficient (Wildman–Crippen LogP) is -0.124. The molecule has 0 saturated carbocycles. The summed E-state index contributed by atoms with van der Waals surface area (Å²) in [6.45, 7) is 2.70. The summed E-state index contributed by atoms with van der Waals surface area (Å²) in [5.41, 5.74) is 13.1. The Bertz CT molecular complexity index is 637. The van der Waals surface area contributed by atoms with Gasteiger partial charge in [0.15, 0.2) is 0 Å². The van der Waals surface area contributed by atoms with E-state index in [9.17, 15) is 0 Å². The maximum atomic E-state index is 6.03. The number of nitrogens with zero attached hydrogens (tertiary/aromatic N) is 4. The molecule has 1 aliphatic rings. The second kappa shape index (κ2) is 5.44. The fraction of sp³-hybridized carbons (Fsp3) is 0.417. The van der Waals surface area contributed by atoms with E-state index in [0.29, 0.717) is 55.1 Å². The molecule has 9 nitrogen and oxygen atoms in total. The highest BCUT2D eigenvalue weighted by molar-refractivity contribution is 5.83. The number of nitrogens with one attached hydrogen (secondary N) is 1. The van der Waals surface area contributed by atoms with Crippen LogP contribution in [0.1, 0.15) is 0 Å². The number of nitrogen functional groups attached to an aromatic ring is 2. The van der Waals surface area contributed by atoms with E-state index >= 15 is 0 Å². The molecule has 0 bridgehead atoms. The van der Waals surface area contributed by atoms with Gasteiger partial charge < -0.3 is 25.8 Å². The molecule has 0 atom stereocenters. The Hall–Kier alpha value is -2.55. The van der Waals surface area contributed by atoms with E-state index in [0.717, 1.165) is 0 Å². The van der Waals surface area contributed by atoms with Crippen LogP contribution < -0.4 is 21.1 Å². The number of hydrogen-bond acceptors (Lipinski definition) is 8. The van der Waals surface area contributed by atoms with Gasteiger partial charge in [0.1, 0.15) is 11.6 Å². The Morgan fingerprint density at radius 3 is 2.71 bits per heavy atom. The van der Waals surface area contributed by atoms with Gasteiger partial charge in [0.05, 0.1) is 31.6 Å². The summed E-state index contributed by atoms with van der Waals surface area (Å²) < 4.78 is 10.4. The second-order valence-electron chi connectivity index (χ2n) is 4.59. The second-order valence-corrected chi connectivity index (χ2v) is 4.59. The van der Waals surface area contributed by atoms with E-state index in [1.165, 1.54) is 0 Å². The van der Waals surface area contributed by atoms with Gasteiger partial charge in [-0.3, -0.25) is 5.10 Å². The van der Waals surface area contributed by atoms with Crippen molar-refractivity contribution in [2.45, 2.75) is 0 Å². The first-order chi connectivity index (χ1) is 10.2. The van der Waals surface area contributed by atoms with E-state index in [-0.39, 0.29) is 5.95 Å². The summed E-state index contributed by atoms with van der Waals surface area (Å²) in [4.78, 5) is 10.4. The van der Waals surface area contributed by atoms with Gasteiger partial charge in [-0.05, 0) is 0 Å². The van der Waals surface area contributed by atoms with Crippen molar-refractivity contribution >= 4 is 17.6 Å². The zero-order valence-electron chi connectivity index (χ0n) is 11.7. The molecule has 0 radical (unpaired) electrons. The van der Waals surface area contributed by atoms with Crippen LogP contribution in [0.15, 0.2) is 6.07 Å². The van der Waals surface area contributed by atoms with Crippen LogP contribution >= 0.6 is 0 Å². The van der Waals surface area contributed by atoms with E-state index in [1.807, 2.05) is 0 Å². The Morgan fingerprint density at radius 2 is 2.05 bits per heavy atom. The first-order valence-electron chi connectivity index (χ1n) is 6.54. The summed E-state index contributed by atoms with van der Waals surface area (Å²) in [5, 5.41) is 6.91. The Balaban J connectivity index is 2.08. The van der Waals surface area contributed by atoms with Gasteiger partial charge >= 0.3 is 0 Å². The van der Waals surface area contributed by atoms with Crippen molar-refractivity contribution in [3.05, 3.63) is 6.07 Å². The van der Waals surface area contributed by atoms with Crippen LogP contribution in [-0.4, -0.2) is 53.6 Å². The topological polar surface area (TPSA) is 128 Å². The molecule has 112 valence electrons. The van der Waals surface area contributed by atoms with Crippen molar-refractivity contribution < 1.29 is 9.47 Å². The van der Waals surface area contributed by atoms with Crippen LogP contribution in [0.25, 0.3) is 11.3 Å². The number of H-pyrrole nitrogens is 1. The van der Waals surface area contributed by atoms with Gasteiger partial charge in [0, 0.05) is 19.2 Å². The van der Waals surface area contributed by atoms with Crippen LogP contribution in [0.2, 0.25) is 0 Å². The Morgan fingerprint density at radius 1 is 1.29 bits per heavy atom. The first-order valence-corrected chi connectivity index (χ1v) is 6.54. The van der Waals surface area contributed by atoms with Crippen molar-refractivity contribution in [3.8, 4) is 17.1 Å². The number of hydrogen-bond donors (Lipinski definition) is 3. The highest BCUT2D eigenvalue weighted by Crippen LogP contribution is 2.34. The molecule has 5 N–H and O–H groups in total. The predicted molar refractivity (Wildman–Crippen MR) is 78.0 cm³/mol. The van der Waals surface area contributed by atoms with Crippen molar-refractivity contribution in [1.29, 1.82) is 0 Å². The maximum Gasteiger partial charge on any atom is 0.232 e. The Kier molecular flexibility index (Phi) is 3.48. The minimum Gasteiger partial charge on any atom is -0.480 e. The molecule has 0 aromatic carbocycles. The summed E-state index contributed by atoms with van der Waals surface area (Å²) >= 11 is 0. The smallest absolute Gasteiger partial charge is 0.232 e. The van der Waals surface area contributed by atoms with Crippen molar-refractivity contribution in [1.82, 2.24) is 20.2 Å². The molecule has 0 aliphatic carbocycles. The van der Waals surface area contributed by atoms with Gasteiger partial charge in [-0.2, -0.15) is 9.97 Å². The lowest BCUT2D eigenvalue weighted by atomic mass is 10.2. The Labute approximate surface area is 121 Å². The fourth-order valence-electron chi connectivity index (χ4n) is 2.28. The van der Waals surface area contributed by atoms with E-state index in [4.69, 9.17) is 20.9 Å². The first kappa shape index (κ1) is 13.4. The molecule has 1 aliphatic heterocycles. The number of anilines is 3. The zero-order valence-corrected chi connectivity index (χ0v) is 11.7. The number of aromatic amines is 1. The van der Waals surface area contributed by atoms with E-state index < -0.39 is 0 Å². The van der Waals surface area contributed by atoms with Gasteiger partial charge in [0.2, 0.25) is 11.8 Å². The average Bonchev–Trinajstić information content (AvgIpc) is 2.96. The van der Waals surface area contributed by atoms with Gasteiger partial charge in [0.25, 0.3) is 0 Å². The summed E-state index contributed by atoms with van der Waals surface area (Å²) in [7, 11) is 1.55. The molecule has 2 aromatic heterocycles. The minimum absolute atomic E-state index is 0.143. The summed E-state index contributed by atoms with van der Waals surface area (Å²) in [6.07, 6.45) is 0. The lowest BCUT2D eigenvalue weighted by Crippen LogP contribution is -2.37. The molecule has 21 heavy (non-hydrogen) atoms. The molecule has 0 spiro atoms. The largest absolute Gasteiger partial charge is 0.480 e. The molecule has 1 saturated heterocycles. The zero-order chi connectivity index (χ0) is 14.8. The van der Waals surface area contributed by atoms with Crippen molar-refractivity contribution in [2.75, 3.05) is 49.8 Å². The quantitative estimate of drug-likeness (QED) is 0.713. The number of ether oxygens (including phenoxy) is 2. The van der Waals surface area contributed by atoms with Crippen molar-refractivity contribution in [2.24, 2.45) is 0 Å². The lowest BCUT2D eigenvalue weighted by Gasteiger charge is -2.29. The highest BCUT2D eigenvalue weighted by atomic mass is 16.5. The van der Waals surface area contributed by atoms with Crippen LogP contribution in [0.4, 0.5) is 17.6 Å². The van der Waals surface area contributed by atoms with Crippen LogP contribution in [0.5, 0.6) is 5.88 Å². The summed E-state index contributed by atoms with van der Waals surface area (Å²) in [5.74, 6) is 1.59.